The Kier molecular flexibility index (Phi) is 6.18. The summed E-state index contributed by atoms with van der Waals surface area (Å²) in [6.07, 6.45) is -0.261. The van der Waals surface area contributed by atoms with Crippen LogP contribution in [-0.4, -0.2) is 30.6 Å². The molecule has 1 atom stereocenters. The fourth-order valence-corrected chi connectivity index (χ4v) is 4.71. The molecule has 2 aliphatic rings. The summed E-state index contributed by atoms with van der Waals surface area (Å²) in [7, 11) is 0. The van der Waals surface area contributed by atoms with Gasteiger partial charge < -0.3 is 14.7 Å². The maximum atomic E-state index is 13.4. The van der Waals surface area contributed by atoms with E-state index < -0.39 is 51.6 Å². The van der Waals surface area contributed by atoms with Crippen LogP contribution < -0.4 is 5.56 Å². The summed E-state index contributed by atoms with van der Waals surface area (Å²) in [4.78, 5) is 57.4. The smallest absolute Gasteiger partial charge is 0.343 e. The van der Waals surface area contributed by atoms with Gasteiger partial charge in [0.2, 0.25) is 0 Å². The standard InChI is InChI=1S/C21H16N4O9.C2H6/c1-2-21(28)15-13(8-33-20(21)27)19(26)23-7-11-12(9-34-25(31)32)10-5-3-4-6-14(10)22-16(11)18(23)17(15)24(29)30;1-2/h3-6,28H,2,7-9H2,1H3;1-2H3. The summed E-state index contributed by atoms with van der Waals surface area (Å²) in [5, 5.41) is 33.8. The molecule has 0 amide bonds. The van der Waals surface area contributed by atoms with E-state index in [0.29, 0.717) is 22.0 Å². The number of cyclic esters (lactones) is 1. The van der Waals surface area contributed by atoms with Gasteiger partial charge in [0.15, 0.2) is 5.60 Å². The molecule has 0 saturated carbocycles. The zero-order chi connectivity index (χ0) is 26.4. The van der Waals surface area contributed by atoms with Crippen LogP contribution in [0.3, 0.4) is 0 Å². The summed E-state index contributed by atoms with van der Waals surface area (Å²) in [6, 6.07) is 6.67. The molecule has 5 rings (SSSR count). The number of fused-ring (bicyclic) bond motifs is 5. The molecule has 2 aliphatic heterocycles. The van der Waals surface area contributed by atoms with E-state index >= 15 is 0 Å². The normalized spacial score (nSPS) is 17.3. The molecule has 36 heavy (non-hydrogen) atoms. The van der Waals surface area contributed by atoms with E-state index in [9.17, 15) is 34.9 Å². The van der Waals surface area contributed by atoms with E-state index in [4.69, 9.17) is 4.74 Å². The van der Waals surface area contributed by atoms with E-state index in [1.54, 1.807) is 24.3 Å². The van der Waals surface area contributed by atoms with Crippen molar-refractivity contribution in [1.29, 1.82) is 0 Å². The second kappa shape index (κ2) is 9.00. The quantitative estimate of drug-likeness (QED) is 0.244. The number of nitrogens with zero attached hydrogens (tertiary/aromatic N) is 4. The molecule has 1 aromatic carbocycles. The molecule has 13 heteroatoms. The number of hydrogen-bond donors (Lipinski definition) is 1. The highest BCUT2D eigenvalue weighted by molar-refractivity contribution is 5.92. The van der Waals surface area contributed by atoms with Crippen molar-refractivity contribution in [1.82, 2.24) is 9.55 Å². The molecule has 0 saturated heterocycles. The second-order valence-corrected chi connectivity index (χ2v) is 7.92. The third-order valence-electron chi connectivity index (χ3n) is 6.30. The van der Waals surface area contributed by atoms with Crippen molar-refractivity contribution >= 4 is 22.6 Å². The first-order valence-electron chi connectivity index (χ1n) is 11.2. The van der Waals surface area contributed by atoms with Crippen molar-refractivity contribution in [3.8, 4) is 11.4 Å². The number of para-hydroxylation sites is 1. The summed E-state index contributed by atoms with van der Waals surface area (Å²) in [6.45, 7) is 4.29. The molecule has 2 aromatic heterocycles. The van der Waals surface area contributed by atoms with Crippen LogP contribution in [0.25, 0.3) is 22.3 Å². The number of carbonyl (C=O) groups is 1. The fraction of sp³-hybridized carbons (Fsp3) is 0.348. The van der Waals surface area contributed by atoms with Crippen LogP contribution in [0, 0.1) is 20.2 Å². The number of carbonyl (C=O) groups excluding carboxylic acids is 1. The van der Waals surface area contributed by atoms with Crippen molar-refractivity contribution < 1.29 is 29.5 Å². The molecule has 0 fully saturated rings. The van der Waals surface area contributed by atoms with Gasteiger partial charge in [0.1, 0.15) is 18.9 Å². The lowest BCUT2D eigenvalue weighted by molar-refractivity contribution is -0.762. The molecule has 3 aromatic rings. The topological polar surface area (TPSA) is 177 Å². The molecule has 0 spiro atoms. The average Bonchev–Trinajstić information content (AvgIpc) is 3.24. The van der Waals surface area contributed by atoms with Crippen LogP contribution in [-0.2, 0) is 39.7 Å². The average molecular weight is 498 g/mol. The van der Waals surface area contributed by atoms with E-state index in [0.717, 1.165) is 4.57 Å². The largest absolute Gasteiger partial charge is 0.458 e. The highest BCUT2D eigenvalue weighted by Crippen LogP contribution is 2.47. The lowest BCUT2D eigenvalue weighted by Gasteiger charge is -2.31. The van der Waals surface area contributed by atoms with Gasteiger partial charge in [0.05, 0.1) is 33.8 Å². The molecular weight excluding hydrogens is 476 g/mol. The van der Waals surface area contributed by atoms with Gasteiger partial charge in [0.25, 0.3) is 10.6 Å². The number of aliphatic hydroxyl groups is 1. The Morgan fingerprint density at radius 1 is 1.19 bits per heavy atom. The molecule has 0 aliphatic carbocycles. The minimum absolute atomic E-state index is 0.0599. The molecule has 0 bridgehead atoms. The Morgan fingerprint density at radius 3 is 2.53 bits per heavy atom. The lowest BCUT2D eigenvalue weighted by atomic mass is 9.84. The highest BCUT2D eigenvalue weighted by atomic mass is 16.9. The van der Waals surface area contributed by atoms with Crippen LogP contribution in [0.15, 0.2) is 29.1 Å². The molecule has 1 unspecified atom stereocenters. The Labute approximate surface area is 203 Å². The number of ether oxygens (including phenoxy) is 1. The predicted octanol–water partition coefficient (Wildman–Crippen LogP) is 2.72. The van der Waals surface area contributed by atoms with Crippen LogP contribution in [0.1, 0.15) is 49.4 Å². The maximum Gasteiger partial charge on any atom is 0.343 e. The van der Waals surface area contributed by atoms with Gasteiger partial charge in [-0.3, -0.25) is 19.5 Å². The van der Waals surface area contributed by atoms with Gasteiger partial charge in [0, 0.05) is 10.9 Å². The number of aromatic nitrogens is 2. The highest BCUT2D eigenvalue weighted by Gasteiger charge is 2.52. The van der Waals surface area contributed by atoms with Gasteiger partial charge in [-0.05, 0) is 18.1 Å². The second-order valence-electron chi connectivity index (χ2n) is 7.92. The van der Waals surface area contributed by atoms with Crippen LogP contribution in [0.4, 0.5) is 5.69 Å². The van der Waals surface area contributed by atoms with Gasteiger partial charge >= 0.3 is 11.7 Å². The third kappa shape index (κ3) is 3.47. The molecule has 4 heterocycles. The van der Waals surface area contributed by atoms with E-state index in [1.807, 2.05) is 13.8 Å². The van der Waals surface area contributed by atoms with Crippen LogP contribution >= 0.6 is 0 Å². The van der Waals surface area contributed by atoms with Gasteiger partial charge in [-0.15, -0.1) is 10.1 Å². The molecule has 188 valence electrons. The van der Waals surface area contributed by atoms with Crippen molar-refractivity contribution in [2.45, 2.75) is 52.6 Å². The number of pyridine rings is 2. The number of rotatable bonds is 5. The van der Waals surface area contributed by atoms with Gasteiger partial charge in [-0.1, -0.05) is 39.0 Å². The first-order chi connectivity index (χ1) is 17.2. The molecule has 13 nitrogen and oxygen atoms in total. The number of hydrogen-bond acceptors (Lipinski definition) is 10. The Morgan fingerprint density at radius 2 is 1.89 bits per heavy atom. The Balaban J connectivity index is 0.00000148. The lowest BCUT2D eigenvalue weighted by Crippen LogP contribution is -2.45. The number of benzene rings is 1. The van der Waals surface area contributed by atoms with Crippen molar-refractivity contribution in [2.75, 3.05) is 0 Å². The maximum absolute atomic E-state index is 13.4. The van der Waals surface area contributed by atoms with E-state index in [-0.39, 0.29) is 29.9 Å². The van der Waals surface area contributed by atoms with Gasteiger partial charge in [-0.25, -0.2) is 9.78 Å². The van der Waals surface area contributed by atoms with Crippen molar-refractivity contribution in [3.63, 3.8) is 0 Å². The number of esters is 1. The van der Waals surface area contributed by atoms with Crippen LogP contribution in [0.2, 0.25) is 0 Å². The predicted molar refractivity (Wildman–Crippen MR) is 124 cm³/mol. The van der Waals surface area contributed by atoms with Crippen LogP contribution in [0.5, 0.6) is 0 Å². The first kappa shape index (κ1) is 24.7. The third-order valence-corrected chi connectivity index (χ3v) is 6.30. The van der Waals surface area contributed by atoms with Crippen molar-refractivity contribution in [2.24, 2.45) is 0 Å². The zero-order valence-corrected chi connectivity index (χ0v) is 19.6. The Hall–Kier alpha value is -4.39. The first-order valence-corrected chi connectivity index (χ1v) is 11.2. The SMILES string of the molecule is CC.CCC1(O)C(=O)OCc2c1c([N+](=O)[O-])c1n(c2=O)Cc2c-1nc1ccccc1c2CO[N+](=O)[O-]. The molecular formula is C23H22N4O9. The summed E-state index contributed by atoms with van der Waals surface area (Å²) in [5.41, 5.74) is -3.35. The Bertz CT molecular complexity index is 1500. The zero-order valence-electron chi connectivity index (χ0n) is 19.6. The minimum Gasteiger partial charge on any atom is -0.458 e. The molecule has 0 radical (unpaired) electrons. The van der Waals surface area contributed by atoms with Gasteiger partial charge in [-0.2, -0.15) is 0 Å². The monoisotopic (exact) mass is 498 g/mol. The fourth-order valence-electron chi connectivity index (χ4n) is 4.71. The summed E-state index contributed by atoms with van der Waals surface area (Å²) < 4.78 is 6.10. The van der Waals surface area contributed by atoms with E-state index in [2.05, 4.69) is 9.82 Å². The van der Waals surface area contributed by atoms with E-state index in [1.165, 1.54) is 6.92 Å². The summed E-state index contributed by atoms with van der Waals surface area (Å²) in [5.74, 6) is -1.08. The minimum atomic E-state index is -2.39. The molecule has 1 N–H and O–H groups in total. The van der Waals surface area contributed by atoms with Crippen molar-refractivity contribution in [3.05, 3.63) is 77.1 Å². The number of nitro groups is 1. The summed E-state index contributed by atoms with van der Waals surface area (Å²) >= 11 is 0.